The van der Waals surface area contributed by atoms with Gasteiger partial charge in [0.2, 0.25) is 5.91 Å². The first-order valence-corrected chi connectivity index (χ1v) is 7.35. The number of nitrogens with one attached hydrogen (secondary N) is 1. The zero-order valence-electron chi connectivity index (χ0n) is 13.3. The minimum absolute atomic E-state index is 0.103. The van der Waals surface area contributed by atoms with Gasteiger partial charge in [-0.15, -0.1) is 0 Å². The second-order valence-corrected chi connectivity index (χ2v) is 5.24. The smallest absolute Gasteiger partial charge is 0.253 e. The standard InChI is InChI=1S/C18H20N2O3/c1-20(2)18(22)14-7-6-8-15(13-14)19-17(21)11-12-23-16-9-4-3-5-10-16/h3-10,13H,11-12H2,1-2H3,(H,19,21). The maximum Gasteiger partial charge on any atom is 0.253 e. The van der Waals surface area contributed by atoms with Crippen LogP contribution in [0.2, 0.25) is 0 Å². The highest BCUT2D eigenvalue weighted by atomic mass is 16.5. The maximum absolute atomic E-state index is 11.9. The quantitative estimate of drug-likeness (QED) is 0.892. The molecule has 2 aromatic carbocycles. The number of carbonyl (C=O) groups excluding carboxylic acids is 2. The number of carbonyl (C=O) groups is 2. The SMILES string of the molecule is CN(C)C(=O)c1cccc(NC(=O)CCOc2ccccc2)c1. The lowest BCUT2D eigenvalue weighted by Gasteiger charge is -2.12. The van der Waals surface area contributed by atoms with E-state index >= 15 is 0 Å². The molecule has 5 heteroatoms. The summed E-state index contributed by atoms with van der Waals surface area (Å²) in [7, 11) is 3.38. The third-order valence-electron chi connectivity index (χ3n) is 3.14. The van der Waals surface area contributed by atoms with Gasteiger partial charge in [-0.1, -0.05) is 24.3 Å². The van der Waals surface area contributed by atoms with Crippen molar-refractivity contribution in [2.24, 2.45) is 0 Å². The number of para-hydroxylation sites is 1. The molecule has 0 saturated heterocycles. The van der Waals surface area contributed by atoms with Crippen LogP contribution in [0.4, 0.5) is 5.69 Å². The van der Waals surface area contributed by atoms with Crippen LogP contribution in [0.3, 0.4) is 0 Å². The second-order valence-electron chi connectivity index (χ2n) is 5.24. The lowest BCUT2D eigenvalue weighted by Crippen LogP contribution is -2.22. The monoisotopic (exact) mass is 312 g/mol. The number of rotatable bonds is 6. The van der Waals surface area contributed by atoms with Gasteiger partial charge in [0.1, 0.15) is 5.75 Å². The number of nitrogens with zero attached hydrogens (tertiary/aromatic N) is 1. The summed E-state index contributed by atoms with van der Waals surface area (Å²) in [5.41, 5.74) is 1.13. The molecule has 0 saturated carbocycles. The molecule has 0 aliphatic carbocycles. The zero-order valence-corrected chi connectivity index (χ0v) is 13.3. The van der Waals surface area contributed by atoms with Crippen LogP contribution >= 0.6 is 0 Å². The number of amides is 2. The van der Waals surface area contributed by atoms with Crippen molar-refractivity contribution in [2.45, 2.75) is 6.42 Å². The summed E-state index contributed by atoms with van der Waals surface area (Å²) in [6, 6.07) is 16.2. The predicted molar refractivity (Wildman–Crippen MR) is 89.6 cm³/mol. The molecule has 0 bridgehead atoms. The summed E-state index contributed by atoms with van der Waals surface area (Å²) < 4.78 is 5.49. The summed E-state index contributed by atoms with van der Waals surface area (Å²) in [6.07, 6.45) is 0.237. The van der Waals surface area contributed by atoms with Gasteiger partial charge in [0.25, 0.3) is 5.91 Å². The van der Waals surface area contributed by atoms with Gasteiger partial charge < -0.3 is 15.0 Å². The molecule has 0 fully saturated rings. The fourth-order valence-electron chi connectivity index (χ4n) is 1.99. The fourth-order valence-corrected chi connectivity index (χ4v) is 1.99. The summed E-state index contributed by atoms with van der Waals surface area (Å²) in [5.74, 6) is 0.475. The molecule has 0 aliphatic rings. The molecular weight excluding hydrogens is 292 g/mol. The van der Waals surface area contributed by atoms with Gasteiger partial charge in [-0.25, -0.2) is 0 Å². The van der Waals surface area contributed by atoms with Crippen LogP contribution in [0.1, 0.15) is 16.8 Å². The maximum atomic E-state index is 11.9. The lowest BCUT2D eigenvalue weighted by atomic mass is 10.2. The first-order valence-electron chi connectivity index (χ1n) is 7.35. The number of benzene rings is 2. The Labute approximate surface area is 135 Å². The Morgan fingerprint density at radius 2 is 1.78 bits per heavy atom. The van der Waals surface area contributed by atoms with Gasteiger partial charge in [-0.2, -0.15) is 0 Å². The second kappa shape index (κ2) is 7.98. The Morgan fingerprint density at radius 3 is 2.48 bits per heavy atom. The first-order chi connectivity index (χ1) is 11.1. The fraction of sp³-hybridized carbons (Fsp3) is 0.222. The molecular formula is C18H20N2O3. The van der Waals surface area contributed by atoms with Crippen molar-refractivity contribution in [1.82, 2.24) is 4.90 Å². The van der Waals surface area contributed by atoms with Crippen LogP contribution in [-0.2, 0) is 4.79 Å². The Morgan fingerprint density at radius 1 is 1.04 bits per heavy atom. The van der Waals surface area contributed by atoms with Crippen molar-refractivity contribution in [3.63, 3.8) is 0 Å². The van der Waals surface area contributed by atoms with E-state index in [9.17, 15) is 9.59 Å². The molecule has 120 valence electrons. The van der Waals surface area contributed by atoms with E-state index in [1.54, 1.807) is 38.4 Å². The van der Waals surface area contributed by atoms with Crippen LogP contribution in [0.5, 0.6) is 5.75 Å². The van der Waals surface area contributed by atoms with Crippen LogP contribution in [-0.4, -0.2) is 37.4 Å². The van der Waals surface area contributed by atoms with Gasteiger partial charge in [0.15, 0.2) is 0 Å². The molecule has 0 heterocycles. The van der Waals surface area contributed by atoms with Crippen molar-refractivity contribution >= 4 is 17.5 Å². The molecule has 0 aliphatic heterocycles. The van der Waals surface area contributed by atoms with Gasteiger partial charge in [0, 0.05) is 25.3 Å². The van der Waals surface area contributed by atoms with Crippen molar-refractivity contribution in [3.05, 3.63) is 60.2 Å². The van der Waals surface area contributed by atoms with E-state index in [-0.39, 0.29) is 18.2 Å². The van der Waals surface area contributed by atoms with E-state index in [4.69, 9.17) is 4.74 Å². The zero-order chi connectivity index (χ0) is 16.7. The predicted octanol–water partition coefficient (Wildman–Crippen LogP) is 2.80. The average molecular weight is 312 g/mol. The summed E-state index contributed by atoms with van der Waals surface area (Å²) >= 11 is 0. The van der Waals surface area contributed by atoms with E-state index in [0.717, 1.165) is 5.75 Å². The van der Waals surface area contributed by atoms with Crippen LogP contribution in [0.25, 0.3) is 0 Å². The minimum atomic E-state index is -0.157. The van der Waals surface area contributed by atoms with E-state index in [0.29, 0.717) is 17.9 Å². The van der Waals surface area contributed by atoms with Gasteiger partial charge in [-0.05, 0) is 30.3 Å². The third kappa shape index (κ3) is 5.14. The van der Waals surface area contributed by atoms with Crippen LogP contribution in [0.15, 0.2) is 54.6 Å². The highest BCUT2D eigenvalue weighted by Gasteiger charge is 2.09. The Bertz CT molecular complexity index is 669. The van der Waals surface area contributed by atoms with Crippen molar-refractivity contribution in [2.75, 3.05) is 26.0 Å². The first kappa shape index (κ1) is 16.5. The highest BCUT2D eigenvalue weighted by molar-refractivity contribution is 5.97. The topological polar surface area (TPSA) is 58.6 Å². The van der Waals surface area contributed by atoms with Crippen molar-refractivity contribution < 1.29 is 14.3 Å². The normalized spacial score (nSPS) is 10.0. The Hall–Kier alpha value is -2.82. The highest BCUT2D eigenvalue weighted by Crippen LogP contribution is 2.13. The molecule has 5 nitrogen and oxygen atoms in total. The van der Waals surface area contributed by atoms with E-state index < -0.39 is 0 Å². The number of anilines is 1. The molecule has 0 spiro atoms. The molecule has 2 amide bonds. The lowest BCUT2D eigenvalue weighted by molar-refractivity contribution is -0.116. The van der Waals surface area contributed by atoms with E-state index in [1.165, 1.54) is 4.90 Å². The number of hydrogen-bond donors (Lipinski definition) is 1. The van der Waals surface area contributed by atoms with E-state index in [2.05, 4.69) is 5.32 Å². The van der Waals surface area contributed by atoms with Gasteiger partial charge in [0.05, 0.1) is 13.0 Å². The van der Waals surface area contributed by atoms with Crippen molar-refractivity contribution in [1.29, 1.82) is 0 Å². The Kier molecular flexibility index (Phi) is 5.74. The summed E-state index contributed by atoms with van der Waals surface area (Å²) in [6.45, 7) is 0.298. The minimum Gasteiger partial charge on any atom is -0.493 e. The Balaban J connectivity index is 1.85. The summed E-state index contributed by atoms with van der Waals surface area (Å²) in [5, 5.41) is 2.77. The van der Waals surface area contributed by atoms with E-state index in [1.807, 2.05) is 30.3 Å². The number of ether oxygens (including phenoxy) is 1. The largest absolute Gasteiger partial charge is 0.493 e. The van der Waals surface area contributed by atoms with Crippen LogP contribution in [0, 0.1) is 0 Å². The summed E-state index contributed by atoms with van der Waals surface area (Å²) in [4.78, 5) is 25.3. The molecule has 0 unspecified atom stereocenters. The molecule has 0 atom stereocenters. The molecule has 2 aromatic rings. The molecule has 0 aromatic heterocycles. The third-order valence-corrected chi connectivity index (χ3v) is 3.14. The van der Waals surface area contributed by atoms with Gasteiger partial charge >= 0.3 is 0 Å². The van der Waals surface area contributed by atoms with Crippen LogP contribution < -0.4 is 10.1 Å². The number of hydrogen-bond acceptors (Lipinski definition) is 3. The van der Waals surface area contributed by atoms with Crippen molar-refractivity contribution in [3.8, 4) is 5.75 Å². The molecule has 1 N–H and O–H groups in total. The average Bonchev–Trinajstić information content (AvgIpc) is 2.55. The van der Waals surface area contributed by atoms with Gasteiger partial charge in [-0.3, -0.25) is 9.59 Å². The molecule has 23 heavy (non-hydrogen) atoms. The molecule has 0 radical (unpaired) electrons. The molecule has 2 rings (SSSR count).